The molecule has 1 fully saturated rings. The van der Waals surface area contributed by atoms with Crippen LogP contribution in [0.2, 0.25) is 0 Å². The first-order valence-corrected chi connectivity index (χ1v) is 7.17. The van der Waals surface area contributed by atoms with Crippen LogP contribution in [0.4, 0.5) is 4.39 Å². The molecule has 1 heterocycles. The first-order chi connectivity index (χ1) is 8.74. The van der Waals surface area contributed by atoms with E-state index in [1.807, 2.05) is 29.6 Å². The van der Waals surface area contributed by atoms with E-state index in [0.29, 0.717) is 11.6 Å². The molecule has 2 unspecified atom stereocenters. The lowest BCUT2D eigenvalue weighted by molar-refractivity contribution is 0.626. The van der Waals surface area contributed by atoms with Gasteiger partial charge in [0, 0.05) is 23.0 Å². The smallest absolute Gasteiger partial charge is 0.131 e. The van der Waals surface area contributed by atoms with E-state index in [2.05, 4.69) is 12.2 Å². The van der Waals surface area contributed by atoms with Gasteiger partial charge in [-0.05, 0) is 41.5 Å². The average Bonchev–Trinajstić information content (AvgIpc) is 2.86. The molecule has 1 aromatic carbocycles. The molecule has 0 radical (unpaired) electrons. The number of rotatable bonds is 4. The van der Waals surface area contributed by atoms with Crippen LogP contribution in [0.1, 0.15) is 18.9 Å². The molecular formula is C15H16FNS. The minimum absolute atomic E-state index is 0.138. The van der Waals surface area contributed by atoms with E-state index >= 15 is 0 Å². The van der Waals surface area contributed by atoms with Crippen molar-refractivity contribution in [3.63, 3.8) is 0 Å². The van der Waals surface area contributed by atoms with Crippen LogP contribution in [0.25, 0.3) is 10.4 Å². The van der Waals surface area contributed by atoms with Crippen LogP contribution >= 0.6 is 11.3 Å². The van der Waals surface area contributed by atoms with Gasteiger partial charge >= 0.3 is 0 Å². The normalized spacial score (nSPS) is 22.1. The van der Waals surface area contributed by atoms with E-state index in [4.69, 9.17) is 0 Å². The molecule has 1 aliphatic rings. The molecule has 1 aromatic heterocycles. The summed E-state index contributed by atoms with van der Waals surface area (Å²) in [5, 5.41) is 5.47. The molecule has 1 saturated carbocycles. The van der Waals surface area contributed by atoms with E-state index in [-0.39, 0.29) is 5.82 Å². The Hall–Kier alpha value is -1.19. The number of hydrogen-bond acceptors (Lipinski definition) is 2. The fraction of sp³-hybridized carbons (Fsp3) is 0.333. The fourth-order valence-electron chi connectivity index (χ4n) is 2.16. The summed E-state index contributed by atoms with van der Waals surface area (Å²) in [7, 11) is 0. The lowest BCUT2D eigenvalue weighted by Gasteiger charge is -2.07. The first kappa shape index (κ1) is 11.9. The Labute approximate surface area is 111 Å². The maximum Gasteiger partial charge on any atom is 0.131 e. The minimum Gasteiger partial charge on any atom is -0.310 e. The molecule has 0 saturated heterocycles. The van der Waals surface area contributed by atoms with Crippen molar-refractivity contribution < 1.29 is 4.39 Å². The van der Waals surface area contributed by atoms with Crippen molar-refractivity contribution in [3.8, 4) is 10.4 Å². The summed E-state index contributed by atoms with van der Waals surface area (Å²) >= 11 is 1.58. The second-order valence-corrected chi connectivity index (χ2v) is 5.94. The number of benzene rings is 1. The van der Waals surface area contributed by atoms with Gasteiger partial charge in [-0.25, -0.2) is 4.39 Å². The third kappa shape index (κ3) is 2.47. The van der Waals surface area contributed by atoms with Gasteiger partial charge in [0.05, 0.1) is 0 Å². The van der Waals surface area contributed by atoms with Crippen molar-refractivity contribution in [3.05, 3.63) is 47.1 Å². The molecule has 94 valence electrons. The second kappa shape index (κ2) is 4.82. The van der Waals surface area contributed by atoms with Crippen molar-refractivity contribution >= 4 is 11.3 Å². The van der Waals surface area contributed by atoms with Crippen molar-refractivity contribution in [1.29, 1.82) is 0 Å². The third-order valence-electron chi connectivity index (χ3n) is 3.50. The van der Waals surface area contributed by atoms with Crippen molar-refractivity contribution in [2.45, 2.75) is 25.9 Å². The zero-order valence-electron chi connectivity index (χ0n) is 10.3. The third-order valence-corrected chi connectivity index (χ3v) is 4.40. The monoisotopic (exact) mass is 261 g/mol. The fourth-order valence-corrected chi connectivity index (χ4v) is 2.90. The Morgan fingerprint density at radius 2 is 2.22 bits per heavy atom. The zero-order valence-corrected chi connectivity index (χ0v) is 11.1. The summed E-state index contributed by atoms with van der Waals surface area (Å²) in [6, 6.07) is 9.97. The van der Waals surface area contributed by atoms with Crippen molar-refractivity contribution in [2.24, 2.45) is 5.92 Å². The summed E-state index contributed by atoms with van der Waals surface area (Å²) in [5.74, 6) is 0.656. The van der Waals surface area contributed by atoms with Gasteiger partial charge in [-0.3, -0.25) is 0 Å². The SMILES string of the molecule is CC1CC1NCc1ccc(F)c(-c2cccs2)c1. The van der Waals surface area contributed by atoms with Crippen LogP contribution < -0.4 is 5.32 Å². The maximum atomic E-state index is 13.8. The van der Waals surface area contributed by atoms with Gasteiger partial charge in [-0.15, -0.1) is 11.3 Å². The van der Waals surface area contributed by atoms with E-state index in [1.54, 1.807) is 17.4 Å². The lowest BCUT2D eigenvalue weighted by Crippen LogP contribution is -2.17. The molecule has 1 nitrogen and oxygen atoms in total. The molecule has 0 bridgehead atoms. The number of halogens is 1. The molecule has 0 amide bonds. The average molecular weight is 261 g/mol. The molecule has 1 N–H and O–H groups in total. The molecule has 1 aliphatic carbocycles. The largest absolute Gasteiger partial charge is 0.310 e. The van der Waals surface area contributed by atoms with Crippen LogP contribution in [0, 0.1) is 11.7 Å². The predicted molar refractivity (Wildman–Crippen MR) is 74.1 cm³/mol. The highest BCUT2D eigenvalue weighted by atomic mass is 32.1. The van der Waals surface area contributed by atoms with Gasteiger partial charge in [0.1, 0.15) is 5.82 Å². The summed E-state index contributed by atoms with van der Waals surface area (Å²) < 4.78 is 13.8. The highest BCUT2D eigenvalue weighted by Crippen LogP contribution is 2.30. The van der Waals surface area contributed by atoms with Gasteiger partial charge < -0.3 is 5.32 Å². The molecule has 0 spiro atoms. The van der Waals surface area contributed by atoms with Crippen LogP contribution in [-0.2, 0) is 6.54 Å². The Kier molecular flexibility index (Phi) is 3.18. The lowest BCUT2D eigenvalue weighted by atomic mass is 10.1. The van der Waals surface area contributed by atoms with Crippen molar-refractivity contribution in [2.75, 3.05) is 0 Å². The standard InChI is InChI=1S/C15H16FNS/c1-10-7-14(10)17-9-11-4-5-13(16)12(8-11)15-3-2-6-18-15/h2-6,8,10,14,17H,7,9H2,1H3. The Morgan fingerprint density at radius 1 is 1.39 bits per heavy atom. The van der Waals surface area contributed by atoms with Gasteiger partial charge in [0.25, 0.3) is 0 Å². The molecule has 2 aromatic rings. The Balaban J connectivity index is 1.77. The van der Waals surface area contributed by atoms with Crippen LogP contribution in [0.3, 0.4) is 0 Å². The minimum atomic E-state index is -0.138. The Bertz CT molecular complexity index is 535. The number of thiophene rings is 1. The van der Waals surface area contributed by atoms with Gasteiger partial charge in [-0.1, -0.05) is 19.1 Å². The maximum absolute atomic E-state index is 13.8. The Morgan fingerprint density at radius 3 is 2.89 bits per heavy atom. The van der Waals surface area contributed by atoms with E-state index in [9.17, 15) is 4.39 Å². The second-order valence-electron chi connectivity index (χ2n) is 4.99. The number of hydrogen-bond donors (Lipinski definition) is 1. The van der Waals surface area contributed by atoms with Gasteiger partial charge in [0.15, 0.2) is 0 Å². The highest BCUT2D eigenvalue weighted by Gasteiger charge is 2.31. The van der Waals surface area contributed by atoms with E-state index < -0.39 is 0 Å². The summed E-state index contributed by atoms with van der Waals surface area (Å²) in [5.41, 5.74) is 1.87. The summed E-state index contributed by atoms with van der Waals surface area (Å²) in [6.45, 7) is 3.08. The van der Waals surface area contributed by atoms with E-state index in [1.165, 1.54) is 6.42 Å². The molecule has 18 heavy (non-hydrogen) atoms. The first-order valence-electron chi connectivity index (χ1n) is 6.30. The highest BCUT2D eigenvalue weighted by molar-refractivity contribution is 7.13. The quantitative estimate of drug-likeness (QED) is 0.875. The topological polar surface area (TPSA) is 12.0 Å². The molecule has 2 atom stereocenters. The summed E-state index contributed by atoms with van der Waals surface area (Å²) in [4.78, 5) is 0.995. The molecule has 3 rings (SSSR count). The van der Waals surface area contributed by atoms with Gasteiger partial charge in [-0.2, -0.15) is 0 Å². The van der Waals surface area contributed by atoms with Crippen LogP contribution in [0.5, 0.6) is 0 Å². The van der Waals surface area contributed by atoms with Crippen molar-refractivity contribution in [1.82, 2.24) is 5.32 Å². The summed E-state index contributed by atoms with van der Waals surface area (Å²) in [6.07, 6.45) is 1.26. The zero-order chi connectivity index (χ0) is 12.5. The molecular weight excluding hydrogens is 245 g/mol. The number of nitrogens with one attached hydrogen (secondary N) is 1. The molecule has 0 aliphatic heterocycles. The molecule has 3 heteroatoms. The van der Waals surface area contributed by atoms with Crippen LogP contribution in [0.15, 0.2) is 35.7 Å². The predicted octanol–water partition coefficient (Wildman–Crippen LogP) is 4.05. The van der Waals surface area contributed by atoms with E-state index in [0.717, 1.165) is 22.9 Å². The van der Waals surface area contributed by atoms with Gasteiger partial charge in [0.2, 0.25) is 0 Å². The van der Waals surface area contributed by atoms with Crippen LogP contribution in [-0.4, -0.2) is 6.04 Å².